The second kappa shape index (κ2) is 7.61. The molecule has 0 aromatic carbocycles. The first-order chi connectivity index (χ1) is 10.0. The number of unbranched alkanes of at least 4 members (excludes halogenated alkanes) is 1. The molecule has 1 aromatic heterocycles. The highest BCUT2D eigenvalue weighted by molar-refractivity contribution is 6.30. The summed E-state index contributed by atoms with van der Waals surface area (Å²) in [4.78, 5) is 2.45. The van der Waals surface area contributed by atoms with Gasteiger partial charge in [0.25, 0.3) is 0 Å². The average molecular weight is 314 g/mol. The molecule has 2 unspecified atom stereocenters. The Balaban J connectivity index is 2.06. The Labute approximate surface area is 133 Å². The molecule has 4 nitrogen and oxygen atoms in total. The highest BCUT2D eigenvalue weighted by Gasteiger charge is 2.27. The normalized spacial score (nSPS) is 21.1. The van der Waals surface area contributed by atoms with E-state index in [0.29, 0.717) is 6.04 Å². The number of aliphatic hydroxyl groups is 1. The van der Waals surface area contributed by atoms with Gasteiger partial charge >= 0.3 is 0 Å². The molecule has 5 heteroatoms. The Bertz CT molecular complexity index is 459. The van der Waals surface area contributed by atoms with Gasteiger partial charge in [-0.15, -0.1) is 0 Å². The molecule has 1 aliphatic heterocycles. The molecule has 0 spiro atoms. The van der Waals surface area contributed by atoms with Crippen LogP contribution in [-0.2, 0) is 13.1 Å². The van der Waals surface area contributed by atoms with Gasteiger partial charge in [0.05, 0.1) is 11.8 Å². The molecule has 1 saturated heterocycles. The monoisotopic (exact) mass is 313 g/mol. The Hall–Kier alpha value is -0.580. The number of hydrogen-bond donors (Lipinski definition) is 1. The summed E-state index contributed by atoms with van der Waals surface area (Å²) in [7, 11) is 0. The second-order valence-electron chi connectivity index (χ2n) is 6.28. The highest BCUT2D eigenvalue weighted by atomic mass is 35.5. The highest BCUT2D eigenvalue weighted by Crippen LogP contribution is 2.28. The van der Waals surface area contributed by atoms with Crippen LogP contribution in [0.3, 0.4) is 0 Å². The first kappa shape index (κ1) is 16.8. The van der Waals surface area contributed by atoms with Crippen LogP contribution in [0.5, 0.6) is 0 Å². The minimum absolute atomic E-state index is 0.237. The van der Waals surface area contributed by atoms with Gasteiger partial charge in [-0.1, -0.05) is 24.9 Å². The van der Waals surface area contributed by atoms with E-state index < -0.39 is 0 Å². The molecule has 1 aromatic rings. The molecular weight excluding hydrogens is 286 g/mol. The van der Waals surface area contributed by atoms with E-state index in [-0.39, 0.29) is 6.10 Å². The zero-order valence-electron chi connectivity index (χ0n) is 13.5. The van der Waals surface area contributed by atoms with Crippen LogP contribution in [0.2, 0.25) is 5.15 Å². The fourth-order valence-corrected chi connectivity index (χ4v) is 3.51. The van der Waals surface area contributed by atoms with Crippen molar-refractivity contribution in [3.05, 3.63) is 16.4 Å². The Morgan fingerprint density at radius 3 is 2.90 bits per heavy atom. The lowest BCUT2D eigenvalue weighted by molar-refractivity contribution is 0.130. The summed E-state index contributed by atoms with van der Waals surface area (Å²) >= 11 is 6.52. The molecule has 2 heterocycles. The second-order valence-corrected chi connectivity index (χ2v) is 6.64. The van der Waals surface area contributed by atoms with Crippen molar-refractivity contribution in [3.63, 3.8) is 0 Å². The van der Waals surface area contributed by atoms with Crippen LogP contribution in [-0.4, -0.2) is 38.5 Å². The molecule has 0 radical (unpaired) electrons. The predicted octanol–water partition coefficient (Wildman–Crippen LogP) is 3.38. The third kappa shape index (κ3) is 4.21. The van der Waals surface area contributed by atoms with Crippen LogP contribution in [0.4, 0.5) is 0 Å². The van der Waals surface area contributed by atoms with Crippen molar-refractivity contribution in [2.24, 2.45) is 0 Å². The van der Waals surface area contributed by atoms with Crippen LogP contribution in [0.1, 0.15) is 57.2 Å². The minimum atomic E-state index is -0.237. The van der Waals surface area contributed by atoms with Gasteiger partial charge in [0.1, 0.15) is 5.15 Å². The van der Waals surface area contributed by atoms with E-state index >= 15 is 0 Å². The van der Waals surface area contributed by atoms with Gasteiger partial charge in [-0.05, 0) is 46.1 Å². The van der Waals surface area contributed by atoms with Crippen molar-refractivity contribution in [1.82, 2.24) is 14.7 Å². The fraction of sp³-hybridized carbons (Fsp3) is 0.812. The average Bonchev–Trinajstić information content (AvgIpc) is 2.95. The number of aromatic nitrogens is 2. The van der Waals surface area contributed by atoms with E-state index in [2.05, 4.69) is 16.9 Å². The number of aliphatic hydroxyl groups excluding tert-OH is 1. The van der Waals surface area contributed by atoms with Gasteiger partial charge in [-0.3, -0.25) is 9.58 Å². The molecule has 2 rings (SSSR count). The molecule has 21 heavy (non-hydrogen) atoms. The summed E-state index contributed by atoms with van der Waals surface area (Å²) in [5.41, 5.74) is 2.20. The number of aryl methyl sites for hydroxylation is 2. The summed E-state index contributed by atoms with van der Waals surface area (Å²) in [6, 6.07) is 0.472. The van der Waals surface area contributed by atoms with E-state index in [0.717, 1.165) is 55.3 Å². The molecule has 0 saturated carbocycles. The van der Waals surface area contributed by atoms with Crippen LogP contribution >= 0.6 is 11.6 Å². The van der Waals surface area contributed by atoms with Crippen LogP contribution in [0.25, 0.3) is 0 Å². The van der Waals surface area contributed by atoms with E-state index in [1.165, 1.54) is 12.8 Å². The van der Waals surface area contributed by atoms with Crippen LogP contribution in [0.15, 0.2) is 0 Å². The van der Waals surface area contributed by atoms with Gasteiger partial charge in [0.15, 0.2) is 0 Å². The van der Waals surface area contributed by atoms with E-state index in [4.69, 9.17) is 11.6 Å². The molecule has 1 fully saturated rings. The molecular formula is C16H28ClN3O. The fourth-order valence-electron chi connectivity index (χ4n) is 3.19. The van der Waals surface area contributed by atoms with Crippen molar-refractivity contribution in [2.75, 3.05) is 6.54 Å². The number of nitrogens with zero attached hydrogens (tertiary/aromatic N) is 3. The van der Waals surface area contributed by atoms with Crippen LogP contribution < -0.4 is 0 Å². The topological polar surface area (TPSA) is 41.3 Å². The first-order valence-corrected chi connectivity index (χ1v) is 8.54. The Morgan fingerprint density at radius 1 is 1.48 bits per heavy atom. The van der Waals surface area contributed by atoms with Gasteiger partial charge < -0.3 is 5.11 Å². The van der Waals surface area contributed by atoms with Crippen molar-refractivity contribution in [3.8, 4) is 0 Å². The summed E-state index contributed by atoms with van der Waals surface area (Å²) in [5.74, 6) is 0. The van der Waals surface area contributed by atoms with Crippen molar-refractivity contribution in [1.29, 1.82) is 0 Å². The quantitative estimate of drug-likeness (QED) is 0.839. The third-order valence-corrected chi connectivity index (χ3v) is 4.80. The number of likely N-dealkylation sites (tertiary alicyclic amines) is 1. The van der Waals surface area contributed by atoms with Crippen molar-refractivity contribution < 1.29 is 5.11 Å². The number of hydrogen-bond acceptors (Lipinski definition) is 3. The lowest BCUT2D eigenvalue weighted by Gasteiger charge is -2.25. The van der Waals surface area contributed by atoms with E-state index in [1.54, 1.807) is 0 Å². The van der Waals surface area contributed by atoms with Gasteiger partial charge in [0.2, 0.25) is 0 Å². The lowest BCUT2D eigenvalue weighted by atomic mass is 10.1. The maximum absolute atomic E-state index is 9.64. The smallest absolute Gasteiger partial charge is 0.131 e. The number of halogens is 1. The van der Waals surface area contributed by atoms with E-state index in [1.807, 2.05) is 18.5 Å². The van der Waals surface area contributed by atoms with Gasteiger partial charge in [-0.2, -0.15) is 5.10 Å². The largest absolute Gasteiger partial charge is 0.393 e. The molecule has 1 aliphatic rings. The number of rotatable bonds is 7. The van der Waals surface area contributed by atoms with Gasteiger partial charge in [-0.25, -0.2) is 0 Å². The standard InChI is InChI=1S/C16H28ClN3O/c1-4-5-9-20-16(17)15(13(3)18-20)11-19-8-6-7-14(19)10-12(2)21/h12,14,21H,4-11H2,1-3H3. The first-order valence-electron chi connectivity index (χ1n) is 8.16. The zero-order valence-corrected chi connectivity index (χ0v) is 14.2. The predicted molar refractivity (Wildman–Crippen MR) is 86.6 cm³/mol. The summed E-state index contributed by atoms with van der Waals surface area (Å²) in [5, 5.41) is 15.0. The van der Waals surface area contributed by atoms with Crippen LogP contribution in [0, 0.1) is 6.92 Å². The van der Waals surface area contributed by atoms with Crippen molar-refractivity contribution >= 4 is 11.6 Å². The SMILES string of the molecule is CCCCn1nc(C)c(CN2CCCC2CC(C)O)c1Cl. The molecule has 0 aliphatic carbocycles. The van der Waals surface area contributed by atoms with E-state index in [9.17, 15) is 5.11 Å². The summed E-state index contributed by atoms with van der Waals surface area (Å²) < 4.78 is 1.94. The maximum Gasteiger partial charge on any atom is 0.131 e. The summed E-state index contributed by atoms with van der Waals surface area (Å²) in [6.45, 7) is 8.94. The molecule has 120 valence electrons. The minimum Gasteiger partial charge on any atom is -0.393 e. The Morgan fingerprint density at radius 2 is 2.24 bits per heavy atom. The Kier molecular flexibility index (Phi) is 6.08. The molecule has 2 atom stereocenters. The molecule has 0 bridgehead atoms. The lowest BCUT2D eigenvalue weighted by Crippen LogP contribution is -2.31. The molecule has 0 amide bonds. The third-order valence-electron chi connectivity index (χ3n) is 4.38. The molecule has 1 N–H and O–H groups in total. The summed E-state index contributed by atoms with van der Waals surface area (Å²) in [6.07, 6.45) is 5.24. The zero-order chi connectivity index (χ0) is 15.4. The van der Waals surface area contributed by atoms with Gasteiger partial charge in [0, 0.05) is 24.7 Å². The van der Waals surface area contributed by atoms with Crippen molar-refractivity contribution in [2.45, 2.75) is 78.1 Å². The maximum atomic E-state index is 9.64.